The van der Waals surface area contributed by atoms with Crippen molar-refractivity contribution in [3.8, 4) is 11.5 Å². The van der Waals surface area contributed by atoms with Crippen LogP contribution >= 0.6 is 15.9 Å². The molecule has 280 valence electrons. The molecule has 3 aromatic rings. The molecule has 0 unspecified atom stereocenters. The van der Waals surface area contributed by atoms with Crippen LogP contribution in [0.3, 0.4) is 0 Å². The molecule has 2 aliphatic heterocycles. The van der Waals surface area contributed by atoms with Crippen molar-refractivity contribution in [1.29, 1.82) is 0 Å². The van der Waals surface area contributed by atoms with Gasteiger partial charge in [0.1, 0.15) is 11.5 Å². The van der Waals surface area contributed by atoms with E-state index >= 15 is 0 Å². The van der Waals surface area contributed by atoms with Gasteiger partial charge in [0.15, 0.2) is 0 Å². The highest BCUT2D eigenvalue weighted by atomic mass is 79.9. The van der Waals surface area contributed by atoms with E-state index in [-0.39, 0.29) is 34.4 Å². The van der Waals surface area contributed by atoms with Crippen LogP contribution in [0.5, 0.6) is 11.5 Å². The molecule has 0 aliphatic carbocycles. The summed E-state index contributed by atoms with van der Waals surface area (Å²) >= 11 is 3.64. The average molecular weight is 764 g/mol. The lowest BCUT2D eigenvalue weighted by Gasteiger charge is -2.55. The Morgan fingerprint density at radius 2 is 0.882 bits per heavy atom. The van der Waals surface area contributed by atoms with Gasteiger partial charge in [-0.2, -0.15) is 0 Å². The highest BCUT2D eigenvalue weighted by Crippen LogP contribution is 2.42. The van der Waals surface area contributed by atoms with Gasteiger partial charge in [-0.15, -0.1) is 0 Å². The second-order valence-corrected chi connectivity index (χ2v) is 18.1. The summed E-state index contributed by atoms with van der Waals surface area (Å²) in [7, 11) is 0. The molecule has 3 aromatic carbocycles. The zero-order valence-corrected chi connectivity index (χ0v) is 34.1. The Bertz CT molecular complexity index is 1360. The second-order valence-electron chi connectivity index (χ2n) is 17.2. The van der Waals surface area contributed by atoms with E-state index in [0.717, 1.165) is 67.6 Å². The minimum absolute atomic E-state index is 0.0475. The third-order valence-corrected chi connectivity index (χ3v) is 11.3. The fraction of sp³-hybridized carbons (Fsp3) is 0.591. The Labute approximate surface area is 317 Å². The first-order valence-corrected chi connectivity index (χ1v) is 19.9. The molecule has 0 atom stereocenters. The van der Waals surface area contributed by atoms with Gasteiger partial charge in [0.2, 0.25) is 0 Å². The summed E-state index contributed by atoms with van der Waals surface area (Å²) in [6.45, 7) is 23.3. The number of hydrogen-bond acceptors (Lipinski definition) is 6. The molecule has 0 spiro atoms. The van der Waals surface area contributed by atoms with Crippen molar-refractivity contribution in [2.24, 2.45) is 0 Å². The highest BCUT2D eigenvalue weighted by Gasteiger charge is 2.46. The fourth-order valence-corrected chi connectivity index (χ4v) is 9.23. The summed E-state index contributed by atoms with van der Waals surface area (Å²) in [5.74, 6) is 1.61. The molecule has 5 rings (SSSR count). The van der Waals surface area contributed by atoms with Gasteiger partial charge in [-0.05, 0) is 104 Å². The van der Waals surface area contributed by atoms with Crippen LogP contribution in [0.4, 0.5) is 0 Å². The Balaban J connectivity index is 1.000. The molecule has 2 heterocycles. The number of nitrogens with zero attached hydrogens (tertiary/aromatic N) is 2. The maximum absolute atomic E-state index is 6.46. The number of rotatable bonds is 16. The summed E-state index contributed by atoms with van der Waals surface area (Å²) in [4.78, 5) is 5.30. The van der Waals surface area contributed by atoms with Gasteiger partial charge in [-0.3, -0.25) is 9.80 Å². The van der Waals surface area contributed by atoms with Crippen LogP contribution in [0, 0.1) is 0 Å². The molecular weight excluding hydrogens is 700 g/mol. The fourth-order valence-electron chi connectivity index (χ4n) is 8.78. The smallest absolute Gasteiger partial charge is 0.124 e. The number of ether oxygens (including phenoxy) is 4. The Morgan fingerprint density at radius 3 is 1.24 bits per heavy atom. The van der Waals surface area contributed by atoms with E-state index in [0.29, 0.717) is 26.4 Å². The molecule has 51 heavy (non-hydrogen) atoms. The molecule has 7 heteroatoms. The Morgan fingerprint density at radius 1 is 0.529 bits per heavy atom. The van der Waals surface area contributed by atoms with Crippen molar-refractivity contribution in [1.82, 2.24) is 9.80 Å². The summed E-state index contributed by atoms with van der Waals surface area (Å²) < 4.78 is 26.2. The quantitative estimate of drug-likeness (QED) is 0.135. The number of benzene rings is 3. The summed E-state index contributed by atoms with van der Waals surface area (Å²) in [6, 6.07) is 27.6. The predicted molar refractivity (Wildman–Crippen MR) is 213 cm³/mol. The largest absolute Gasteiger partial charge is 0.493 e. The van der Waals surface area contributed by atoms with E-state index in [1.165, 1.54) is 11.1 Å². The van der Waals surface area contributed by atoms with E-state index in [4.69, 9.17) is 18.9 Å². The maximum Gasteiger partial charge on any atom is 0.124 e. The van der Waals surface area contributed by atoms with Crippen LogP contribution in [-0.2, 0) is 22.6 Å². The Kier molecular flexibility index (Phi) is 13.4. The minimum Gasteiger partial charge on any atom is -0.493 e. The highest BCUT2D eigenvalue weighted by molar-refractivity contribution is 9.10. The van der Waals surface area contributed by atoms with Gasteiger partial charge < -0.3 is 18.9 Å². The van der Waals surface area contributed by atoms with Crippen molar-refractivity contribution in [2.45, 2.75) is 141 Å². The molecule has 0 aromatic heterocycles. The SMILES string of the molecule is CC1(C)CC(OCCCOc2cc(Br)cc(OCCCOC3CC(C)(C)N(Cc4ccccc4)C(C)(C)C3)c2)CC(C)(C)N1Cc1ccccc1. The van der Waals surface area contributed by atoms with Crippen molar-refractivity contribution in [3.05, 3.63) is 94.5 Å². The van der Waals surface area contributed by atoms with Crippen molar-refractivity contribution >= 4 is 15.9 Å². The molecule has 0 saturated carbocycles. The normalized spacial score (nSPS) is 20.6. The number of likely N-dealkylation sites (tertiary alicyclic amines) is 2. The van der Waals surface area contributed by atoms with Crippen molar-refractivity contribution < 1.29 is 18.9 Å². The van der Waals surface area contributed by atoms with E-state index in [2.05, 4.69) is 142 Å². The van der Waals surface area contributed by atoms with Gasteiger partial charge in [0.25, 0.3) is 0 Å². The summed E-state index contributed by atoms with van der Waals surface area (Å²) in [5, 5.41) is 0. The number of hydrogen-bond donors (Lipinski definition) is 0. The van der Waals surface area contributed by atoms with Crippen LogP contribution in [0.1, 0.15) is 105 Å². The summed E-state index contributed by atoms with van der Waals surface area (Å²) in [6.07, 6.45) is 6.23. The molecule has 2 saturated heterocycles. The zero-order chi connectivity index (χ0) is 36.7. The molecule has 0 bridgehead atoms. The van der Waals surface area contributed by atoms with Crippen LogP contribution < -0.4 is 9.47 Å². The lowest BCUT2D eigenvalue weighted by atomic mass is 9.77. The van der Waals surface area contributed by atoms with Gasteiger partial charge in [-0.25, -0.2) is 0 Å². The van der Waals surface area contributed by atoms with Crippen molar-refractivity contribution in [2.75, 3.05) is 26.4 Å². The van der Waals surface area contributed by atoms with Crippen molar-refractivity contribution in [3.63, 3.8) is 0 Å². The Hall–Kier alpha value is -2.42. The first kappa shape index (κ1) is 39.8. The van der Waals surface area contributed by atoms with Gasteiger partial charge in [0, 0.05) is 58.6 Å². The predicted octanol–water partition coefficient (Wildman–Crippen LogP) is 10.5. The molecule has 2 fully saturated rings. The summed E-state index contributed by atoms with van der Waals surface area (Å²) in [5.41, 5.74) is 2.91. The monoisotopic (exact) mass is 762 g/mol. The molecule has 0 N–H and O–H groups in total. The lowest BCUT2D eigenvalue weighted by Crippen LogP contribution is -2.61. The van der Waals surface area contributed by atoms with Gasteiger partial charge in [-0.1, -0.05) is 76.6 Å². The zero-order valence-electron chi connectivity index (χ0n) is 32.6. The first-order chi connectivity index (χ1) is 24.1. The third-order valence-electron chi connectivity index (χ3n) is 10.9. The van der Waals surface area contributed by atoms with Gasteiger partial charge >= 0.3 is 0 Å². The topological polar surface area (TPSA) is 43.4 Å². The first-order valence-electron chi connectivity index (χ1n) is 19.1. The van der Waals surface area contributed by atoms with Crippen LogP contribution in [0.2, 0.25) is 0 Å². The van der Waals surface area contributed by atoms with Crippen LogP contribution in [0.25, 0.3) is 0 Å². The lowest BCUT2D eigenvalue weighted by molar-refractivity contribution is -0.109. The van der Waals surface area contributed by atoms with Crippen LogP contribution in [0.15, 0.2) is 83.3 Å². The van der Waals surface area contributed by atoms with E-state index in [1.54, 1.807) is 0 Å². The molecule has 0 amide bonds. The average Bonchev–Trinajstić information content (AvgIpc) is 3.04. The van der Waals surface area contributed by atoms with Crippen LogP contribution in [-0.4, -0.2) is 70.6 Å². The molecule has 2 aliphatic rings. The van der Waals surface area contributed by atoms with E-state index in [1.807, 2.05) is 18.2 Å². The number of halogens is 1. The second kappa shape index (κ2) is 17.2. The standard InChI is InChI=1S/C44H63BrN2O4/c1-41(2)28-39(29-42(3,4)46(41)32-34-17-11-9-12-18-34)50-23-15-21-48-37-25-36(45)26-38(27-37)49-22-16-24-51-40-30-43(5,6)47(44(7,8)31-40)33-35-19-13-10-14-20-35/h9-14,17-20,25-27,39-40H,15-16,21-24,28-33H2,1-8H3. The van der Waals surface area contributed by atoms with E-state index < -0.39 is 0 Å². The maximum atomic E-state index is 6.46. The minimum atomic E-state index is 0.0475. The molecular formula is C44H63BrN2O4. The van der Waals surface area contributed by atoms with E-state index in [9.17, 15) is 0 Å². The van der Waals surface area contributed by atoms with Gasteiger partial charge in [0.05, 0.1) is 38.6 Å². The molecule has 0 radical (unpaired) electrons. The number of piperidine rings is 2. The molecule has 6 nitrogen and oxygen atoms in total. The third kappa shape index (κ3) is 11.3.